The van der Waals surface area contributed by atoms with E-state index in [1.165, 1.54) is 0 Å². The SMILES string of the molecule is O=C1c2ccccc2C(=O)C1c1cccc(Cl)c1Br. The van der Waals surface area contributed by atoms with Crippen molar-refractivity contribution in [1.29, 1.82) is 0 Å². The van der Waals surface area contributed by atoms with E-state index in [1.807, 2.05) is 0 Å². The Hall–Kier alpha value is -1.45. The molecule has 0 radical (unpaired) electrons. The summed E-state index contributed by atoms with van der Waals surface area (Å²) >= 11 is 9.38. The molecule has 2 aromatic carbocycles. The second-order valence-electron chi connectivity index (χ2n) is 4.35. The van der Waals surface area contributed by atoms with Crippen molar-refractivity contribution in [2.24, 2.45) is 0 Å². The number of carbonyl (C=O) groups excluding carboxylic acids is 2. The zero-order chi connectivity index (χ0) is 13.6. The minimum absolute atomic E-state index is 0.163. The van der Waals surface area contributed by atoms with Crippen LogP contribution >= 0.6 is 27.5 Å². The van der Waals surface area contributed by atoms with Gasteiger partial charge < -0.3 is 0 Å². The van der Waals surface area contributed by atoms with E-state index in [-0.39, 0.29) is 11.6 Å². The van der Waals surface area contributed by atoms with E-state index < -0.39 is 5.92 Å². The van der Waals surface area contributed by atoms with Crippen LogP contribution in [0.25, 0.3) is 0 Å². The lowest BCUT2D eigenvalue weighted by Gasteiger charge is -2.10. The van der Waals surface area contributed by atoms with Crippen molar-refractivity contribution in [2.75, 3.05) is 0 Å². The van der Waals surface area contributed by atoms with Gasteiger partial charge in [-0.05, 0) is 27.6 Å². The van der Waals surface area contributed by atoms with E-state index >= 15 is 0 Å². The molecule has 2 nitrogen and oxygen atoms in total. The molecule has 0 saturated heterocycles. The third-order valence-corrected chi connectivity index (χ3v) is 4.70. The number of benzene rings is 2. The van der Waals surface area contributed by atoms with E-state index in [0.29, 0.717) is 26.2 Å². The first-order chi connectivity index (χ1) is 9.11. The molecule has 19 heavy (non-hydrogen) atoms. The zero-order valence-corrected chi connectivity index (χ0v) is 12.0. The number of hydrogen-bond donors (Lipinski definition) is 0. The van der Waals surface area contributed by atoms with E-state index in [9.17, 15) is 9.59 Å². The minimum atomic E-state index is -0.787. The van der Waals surface area contributed by atoms with Gasteiger partial charge in [0.05, 0.1) is 5.02 Å². The summed E-state index contributed by atoms with van der Waals surface area (Å²) in [5.41, 5.74) is 1.60. The van der Waals surface area contributed by atoms with E-state index in [1.54, 1.807) is 42.5 Å². The smallest absolute Gasteiger partial charge is 0.178 e. The molecule has 4 heteroatoms. The van der Waals surface area contributed by atoms with Crippen molar-refractivity contribution in [2.45, 2.75) is 5.92 Å². The maximum atomic E-state index is 12.4. The Morgan fingerprint density at radius 1 is 0.895 bits per heavy atom. The van der Waals surface area contributed by atoms with Crippen LogP contribution in [0, 0.1) is 0 Å². The van der Waals surface area contributed by atoms with Crippen LogP contribution in [0.1, 0.15) is 32.2 Å². The number of Topliss-reactive ketones (excluding diaryl/α,β-unsaturated/α-hetero) is 2. The Labute approximate surface area is 123 Å². The predicted molar refractivity (Wildman–Crippen MR) is 77.0 cm³/mol. The molecule has 94 valence electrons. The number of carbonyl (C=O) groups is 2. The number of hydrogen-bond acceptors (Lipinski definition) is 2. The van der Waals surface area contributed by atoms with Crippen molar-refractivity contribution in [1.82, 2.24) is 0 Å². The standard InChI is InChI=1S/C15H8BrClO2/c16-13-10(6-3-7-11(13)17)12-14(18)8-4-1-2-5-9(8)15(12)19/h1-7,12H. The van der Waals surface area contributed by atoms with Crippen LogP contribution in [0.3, 0.4) is 0 Å². The summed E-state index contributed by atoms with van der Waals surface area (Å²) in [6.45, 7) is 0. The molecule has 0 N–H and O–H groups in total. The van der Waals surface area contributed by atoms with E-state index in [2.05, 4.69) is 15.9 Å². The number of rotatable bonds is 1. The normalized spacial score (nSPS) is 14.8. The lowest BCUT2D eigenvalue weighted by atomic mass is 9.94. The first-order valence-electron chi connectivity index (χ1n) is 5.72. The maximum absolute atomic E-state index is 12.4. The fourth-order valence-electron chi connectivity index (χ4n) is 2.37. The highest BCUT2D eigenvalue weighted by Crippen LogP contribution is 2.39. The monoisotopic (exact) mass is 334 g/mol. The highest BCUT2D eigenvalue weighted by molar-refractivity contribution is 9.10. The van der Waals surface area contributed by atoms with Crippen molar-refractivity contribution in [3.05, 3.63) is 68.7 Å². The third kappa shape index (κ3) is 1.85. The van der Waals surface area contributed by atoms with Gasteiger partial charge in [0.1, 0.15) is 5.92 Å². The number of fused-ring (bicyclic) bond motifs is 1. The van der Waals surface area contributed by atoms with Gasteiger partial charge in [-0.3, -0.25) is 9.59 Å². The van der Waals surface area contributed by atoms with Gasteiger partial charge >= 0.3 is 0 Å². The molecule has 0 amide bonds. The lowest BCUT2D eigenvalue weighted by Crippen LogP contribution is -2.13. The zero-order valence-electron chi connectivity index (χ0n) is 9.69. The Balaban J connectivity index is 2.17. The predicted octanol–water partition coefficient (Wildman–Crippen LogP) is 4.27. The molecule has 1 aliphatic rings. The number of halogens is 2. The van der Waals surface area contributed by atoms with Crippen molar-refractivity contribution in [3.8, 4) is 0 Å². The highest BCUT2D eigenvalue weighted by atomic mass is 79.9. The third-order valence-electron chi connectivity index (χ3n) is 3.27. The molecule has 0 spiro atoms. The van der Waals surface area contributed by atoms with Gasteiger partial charge in [-0.15, -0.1) is 0 Å². The van der Waals surface area contributed by atoms with Crippen molar-refractivity contribution in [3.63, 3.8) is 0 Å². The summed E-state index contributed by atoms with van der Waals surface area (Å²) in [6.07, 6.45) is 0. The first-order valence-corrected chi connectivity index (χ1v) is 6.89. The summed E-state index contributed by atoms with van der Waals surface area (Å²) in [4.78, 5) is 24.8. The van der Waals surface area contributed by atoms with Crippen molar-refractivity contribution < 1.29 is 9.59 Å². The molecule has 0 atom stereocenters. The van der Waals surface area contributed by atoms with Gasteiger partial charge in [-0.1, -0.05) is 48.0 Å². The van der Waals surface area contributed by atoms with Gasteiger partial charge in [0, 0.05) is 15.6 Å². The summed E-state index contributed by atoms with van der Waals surface area (Å²) in [6, 6.07) is 12.1. The fraction of sp³-hybridized carbons (Fsp3) is 0.0667. The Morgan fingerprint density at radius 2 is 1.47 bits per heavy atom. The van der Waals surface area contributed by atoms with Crippen LogP contribution in [0.2, 0.25) is 5.02 Å². The molecule has 0 fully saturated rings. The maximum Gasteiger partial charge on any atom is 0.178 e. The molecule has 0 bridgehead atoms. The van der Waals surface area contributed by atoms with Gasteiger partial charge in [-0.2, -0.15) is 0 Å². The molecule has 0 saturated carbocycles. The average Bonchev–Trinajstić information content (AvgIpc) is 2.67. The summed E-state index contributed by atoms with van der Waals surface area (Å²) in [5.74, 6) is -1.11. The second-order valence-corrected chi connectivity index (χ2v) is 5.55. The quantitative estimate of drug-likeness (QED) is 0.730. The van der Waals surface area contributed by atoms with Crippen LogP contribution in [0.4, 0.5) is 0 Å². The fourth-order valence-corrected chi connectivity index (χ4v) is 3.04. The van der Waals surface area contributed by atoms with Gasteiger partial charge in [0.2, 0.25) is 0 Å². The van der Waals surface area contributed by atoms with Crippen molar-refractivity contribution >= 4 is 39.1 Å². The van der Waals surface area contributed by atoms with E-state index in [4.69, 9.17) is 11.6 Å². The first kappa shape index (κ1) is 12.6. The average molecular weight is 336 g/mol. The largest absolute Gasteiger partial charge is 0.293 e. The molecule has 0 heterocycles. The Morgan fingerprint density at radius 3 is 2.05 bits per heavy atom. The molecule has 0 unspecified atom stereocenters. The van der Waals surface area contributed by atoms with Crippen LogP contribution in [0.15, 0.2) is 46.9 Å². The van der Waals surface area contributed by atoms with Crippen LogP contribution in [-0.4, -0.2) is 11.6 Å². The highest BCUT2D eigenvalue weighted by Gasteiger charge is 2.40. The summed E-state index contributed by atoms with van der Waals surface area (Å²) in [5, 5.41) is 0.494. The molecular formula is C15H8BrClO2. The molecule has 3 rings (SSSR count). The summed E-state index contributed by atoms with van der Waals surface area (Å²) in [7, 11) is 0. The second kappa shape index (κ2) is 4.58. The van der Waals surface area contributed by atoms with Gasteiger partial charge in [0.15, 0.2) is 11.6 Å². The molecule has 0 aromatic heterocycles. The van der Waals surface area contributed by atoms with Gasteiger partial charge in [0.25, 0.3) is 0 Å². The number of ketones is 2. The minimum Gasteiger partial charge on any atom is -0.293 e. The molecular weight excluding hydrogens is 328 g/mol. The van der Waals surface area contributed by atoms with E-state index in [0.717, 1.165) is 0 Å². The van der Waals surface area contributed by atoms with Crippen LogP contribution < -0.4 is 0 Å². The van der Waals surface area contributed by atoms with Crippen LogP contribution in [-0.2, 0) is 0 Å². The molecule has 2 aromatic rings. The van der Waals surface area contributed by atoms with Crippen LogP contribution in [0.5, 0.6) is 0 Å². The van der Waals surface area contributed by atoms with Gasteiger partial charge in [-0.25, -0.2) is 0 Å². The molecule has 1 aliphatic carbocycles. The molecule has 0 aliphatic heterocycles. The topological polar surface area (TPSA) is 34.1 Å². The lowest BCUT2D eigenvalue weighted by molar-refractivity contribution is 0.0890. The summed E-state index contributed by atoms with van der Waals surface area (Å²) < 4.78 is 0.608. The Kier molecular flexibility index (Phi) is 3.03. The Bertz CT molecular complexity index is 674.